The summed E-state index contributed by atoms with van der Waals surface area (Å²) in [5.41, 5.74) is 5.55. The molecular weight excluding hydrogens is 302 g/mol. The number of carbonyl (C=O) groups is 2. The Labute approximate surface area is 140 Å². The molecule has 4 nitrogen and oxygen atoms in total. The summed E-state index contributed by atoms with van der Waals surface area (Å²) >= 11 is 0. The first kappa shape index (κ1) is 16.0. The monoisotopic (exact) mass is 321 g/mol. The Morgan fingerprint density at radius 1 is 1.12 bits per heavy atom. The summed E-state index contributed by atoms with van der Waals surface area (Å²) in [6.07, 6.45) is 0.636. The number of hydrogen-bond acceptors (Lipinski definition) is 2. The minimum absolute atomic E-state index is 0.0468. The molecular formula is C20H19NO3. The first-order chi connectivity index (χ1) is 11.4. The van der Waals surface area contributed by atoms with Crippen molar-refractivity contribution in [3.8, 4) is 0 Å². The van der Waals surface area contributed by atoms with Gasteiger partial charge in [0.1, 0.15) is 5.69 Å². The van der Waals surface area contributed by atoms with Crippen molar-refractivity contribution >= 4 is 23.2 Å². The summed E-state index contributed by atoms with van der Waals surface area (Å²) in [4.78, 5) is 23.3. The number of nitrogens with zero attached hydrogens (tertiary/aromatic N) is 1. The van der Waals surface area contributed by atoms with Crippen molar-refractivity contribution in [1.82, 2.24) is 4.57 Å². The van der Waals surface area contributed by atoms with Crippen molar-refractivity contribution in [1.29, 1.82) is 0 Å². The number of fused-ring (bicyclic) bond motifs is 1. The maximum absolute atomic E-state index is 11.8. The molecule has 0 unspecified atom stereocenters. The van der Waals surface area contributed by atoms with E-state index in [-0.39, 0.29) is 11.3 Å². The van der Waals surface area contributed by atoms with Crippen LogP contribution in [0.3, 0.4) is 0 Å². The van der Waals surface area contributed by atoms with Gasteiger partial charge >= 0.3 is 5.97 Å². The van der Waals surface area contributed by atoms with Gasteiger partial charge in [0, 0.05) is 17.4 Å². The number of carboxylic acid groups (broad SMARTS) is 1. The molecule has 3 rings (SSSR count). The van der Waals surface area contributed by atoms with Gasteiger partial charge in [-0.15, -0.1) is 0 Å². The number of carbonyl (C=O) groups excluding carboxylic acids is 1. The molecule has 2 aromatic carbocycles. The van der Waals surface area contributed by atoms with Crippen LogP contribution in [0.1, 0.15) is 43.1 Å². The summed E-state index contributed by atoms with van der Waals surface area (Å²) in [7, 11) is 0. The van der Waals surface area contributed by atoms with Gasteiger partial charge in [-0.3, -0.25) is 4.79 Å². The first-order valence-electron chi connectivity index (χ1n) is 7.80. The highest BCUT2D eigenvalue weighted by Crippen LogP contribution is 2.28. The number of carboxylic acids is 1. The molecule has 0 aliphatic rings. The van der Waals surface area contributed by atoms with Crippen molar-refractivity contribution in [2.24, 2.45) is 0 Å². The fourth-order valence-corrected chi connectivity index (χ4v) is 3.46. The van der Waals surface area contributed by atoms with E-state index in [2.05, 4.69) is 12.1 Å². The van der Waals surface area contributed by atoms with Gasteiger partial charge in [-0.25, -0.2) is 4.79 Å². The zero-order valence-corrected chi connectivity index (χ0v) is 14.0. The van der Waals surface area contributed by atoms with Gasteiger partial charge in [-0.05, 0) is 43.5 Å². The Hall–Kier alpha value is -2.88. The Morgan fingerprint density at radius 2 is 1.75 bits per heavy atom. The molecule has 24 heavy (non-hydrogen) atoms. The van der Waals surface area contributed by atoms with Crippen LogP contribution in [-0.4, -0.2) is 21.9 Å². The molecule has 0 atom stereocenters. The van der Waals surface area contributed by atoms with Crippen LogP contribution < -0.4 is 0 Å². The third-order valence-electron chi connectivity index (χ3n) is 4.49. The van der Waals surface area contributed by atoms with Crippen LogP contribution in [0.5, 0.6) is 0 Å². The fraction of sp³-hybridized carbons (Fsp3) is 0.200. The highest BCUT2D eigenvalue weighted by Gasteiger charge is 2.22. The molecule has 1 heterocycles. The molecule has 0 fully saturated rings. The second-order valence-electron chi connectivity index (χ2n) is 6.17. The minimum atomic E-state index is -1.09. The summed E-state index contributed by atoms with van der Waals surface area (Å²) in [6.45, 7) is 6.53. The van der Waals surface area contributed by atoms with Gasteiger partial charge in [-0.2, -0.15) is 0 Å². The highest BCUT2D eigenvalue weighted by molar-refractivity contribution is 6.08. The third-order valence-corrected chi connectivity index (χ3v) is 4.49. The number of benzene rings is 2. The Balaban J connectivity index is 2.29. The number of aryl methyl sites for hydroxylation is 3. The van der Waals surface area contributed by atoms with Gasteiger partial charge in [0.2, 0.25) is 0 Å². The number of aldehydes is 1. The number of aromatic carboxylic acids is 1. The molecule has 1 N–H and O–H groups in total. The van der Waals surface area contributed by atoms with E-state index in [9.17, 15) is 14.7 Å². The van der Waals surface area contributed by atoms with Crippen LogP contribution in [0.25, 0.3) is 10.9 Å². The molecule has 0 spiro atoms. The van der Waals surface area contributed by atoms with E-state index in [4.69, 9.17) is 0 Å². The summed E-state index contributed by atoms with van der Waals surface area (Å²) in [5, 5.41) is 10.3. The Morgan fingerprint density at radius 3 is 2.33 bits per heavy atom. The molecule has 1 aromatic heterocycles. The number of rotatable bonds is 4. The average Bonchev–Trinajstić information content (AvgIpc) is 2.84. The summed E-state index contributed by atoms with van der Waals surface area (Å²) in [6, 6.07) is 11.5. The highest BCUT2D eigenvalue weighted by atomic mass is 16.4. The maximum atomic E-state index is 11.8. The first-order valence-corrected chi connectivity index (χ1v) is 7.80. The van der Waals surface area contributed by atoms with E-state index >= 15 is 0 Å². The largest absolute Gasteiger partial charge is 0.477 e. The lowest BCUT2D eigenvalue weighted by Crippen LogP contribution is -2.13. The van der Waals surface area contributed by atoms with Gasteiger partial charge < -0.3 is 9.67 Å². The SMILES string of the molecule is Cc1cc(C)c(Cn2c(C(=O)O)c(C=O)c3ccccc32)c(C)c1. The van der Waals surface area contributed by atoms with E-state index < -0.39 is 5.97 Å². The number of para-hydroxylation sites is 1. The Kier molecular flexibility index (Phi) is 3.97. The second-order valence-corrected chi connectivity index (χ2v) is 6.17. The van der Waals surface area contributed by atoms with Crippen LogP contribution in [0.2, 0.25) is 0 Å². The fourth-order valence-electron chi connectivity index (χ4n) is 3.46. The van der Waals surface area contributed by atoms with E-state index in [1.54, 1.807) is 10.6 Å². The molecule has 122 valence electrons. The lowest BCUT2D eigenvalue weighted by molar-refractivity contribution is 0.0683. The van der Waals surface area contributed by atoms with E-state index in [0.717, 1.165) is 22.2 Å². The maximum Gasteiger partial charge on any atom is 0.353 e. The molecule has 4 heteroatoms. The smallest absolute Gasteiger partial charge is 0.353 e. The van der Waals surface area contributed by atoms with Crippen molar-refractivity contribution < 1.29 is 14.7 Å². The zero-order chi connectivity index (χ0) is 17.4. The van der Waals surface area contributed by atoms with Gasteiger partial charge in [0.05, 0.1) is 5.56 Å². The lowest BCUT2D eigenvalue weighted by Gasteiger charge is -2.15. The lowest BCUT2D eigenvalue weighted by atomic mass is 9.99. The molecule has 0 saturated carbocycles. The predicted molar refractivity (Wildman–Crippen MR) is 94.0 cm³/mol. The third kappa shape index (κ3) is 2.50. The van der Waals surface area contributed by atoms with Crippen molar-refractivity contribution in [2.45, 2.75) is 27.3 Å². The molecule has 3 aromatic rings. The Bertz CT molecular complexity index is 943. The van der Waals surface area contributed by atoms with Gasteiger partial charge in [0.15, 0.2) is 6.29 Å². The molecule has 0 aliphatic carbocycles. The molecule has 0 bridgehead atoms. The number of aromatic nitrogens is 1. The van der Waals surface area contributed by atoms with E-state index in [0.29, 0.717) is 18.2 Å². The van der Waals surface area contributed by atoms with E-state index in [1.807, 2.05) is 39.0 Å². The molecule has 0 radical (unpaired) electrons. The molecule has 0 amide bonds. The van der Waals surface area contributed by atoms with Gasteiger partial charge in [0.25, 0.3) is 0 Å². The topological polar surface area (TPSA) is 59.3 Å². The van der Waals surface area contributed by atoms with Crippen LogP contribution in [-0.2, 0) is 6.54 Å². The van der Waals surface area contributed by atoms with Crippen LogP contribution in [0, 0.1) is 20.8 Å². The van der Waals surface area contributed by atoms with Crippen LogP contribution >= 0.6 is 0 Å². The van der Waals surface area contributed by atoms with Crippen molar-refractivity contribution in [3.63, 3.8) is 0 Å². The minimum Gasteiger partial charge on any atom is -0.477 e. The van der Waals surface area contributed by atoms with Crippen molar-refractivity contribution in [3.05, 3.63) is 69.9 Å². The number of hydrogen-bond donors (Lipinski definition) is 1. The van der Waals surface area contributed by atoms with Crippen molar-refractivity contribution in [2.75, 3.05) is 0 Å². The van der Waals surface area contributed by atoms with E-state index in [1.165, 1.54) is 5.56 Å². The summed E-state index contributed by atoms with van der Waals surface area (Å²) in [5.74, 6) is -1.09. The molecule has 0 aliphatic heterocycles. The van der Waals surface area contributed by atoms with Crippen LogP contribution in [0.4, 0.5) is 0 Å². The second kappa shape index (κ2) is 5.96. The van der Waals surface area contributed by atoms with Crippen LogP contribution in [0.15, 0.2) is 36.4 Å². The predicted octanol–water partition coefficient (Wildman–Crippen LogP) is 4.13. The average molecular weight is 321 g/mol. The standard InChI is InChI=1S/C20H19NO3/c1-12-8-13(2)16(14(3)9-12)10-21-18-7-5-4-6-15(18)17(11-22)19(21)20(23)24/h4-9,11H,10H2,1-3H3,(H,23,24). The molecule has 0 saturated heterocycles. The zero-order valence-electron chi connectivity index (χ0n) is 14.0. The van der Waals surface area contributed by atoms with Gasteiger partial charge in [-0.1, -0.05) is 35.9 Å². The summed E-state index contributed by atoms with van der Waals surface area (Å²) < 4.78 is 1.73. The quantitative estimate of drug-likeness (QED) is 0.735. The normalized spacial score (nSPS) is 11.0.